The number of hydrogen-bond acceptors (Lipinski definition) is 5. The summed E-state index contributed by atoms with van der Waals surface area (Å²) in [6.07, 6.45) is 2.71. The Bertz CT molecular complexity index is 739. The van der Waals surface area contributed by atoms with Crippen LogP contribution in [0.3, 0.4) is 0 Å². The summed E-state index contributed by atoms with van der Waals surface area (Å²) in [6, 6.07) is 7.18. The van der Waals surface area contributed by atoms with E-state index < -0.39 is 0 Å². The molecule has 2 heterocycles. The Morgan fingerprint density at radius 1 is 1.33 bits per heavy atom. The number of hydrogen-bond donors (Lipinski definition) is 1. The van der Waals surface area contributed by atoms with Gasteiger partial charge in [-0.1, -0.05) is 0 Å². The van der Waals surface area contributed by atoms with E-state index in [1.807, 2.05) is 0 Å². The first kappa shape index (κ1) is 16.0. The number of methoxy groups -OCH3 is 1. The number of oxazole rings is 1. The number of ether oxygens (including phenoxy) is 1. The van der Waals surface area contributed by atoms with Crippen LogP contribution < -0.4 is 10.5 Å². The molecule has 1 fully saturated rings. The Morgan fingerprint density at radius 2 is 2.08 bits per heavy atom. The summed E-state index contributed by atoms with van der Waals surface area (Å²) in [7, 11) is 1.59. The molecule has 1 aliphatic heterocycles. The third-order valence-electron chi connectivity index (χ3n) is 4.23. The Kier molecular flexibility index (Phi) is 4.50. The zero-order valence-electron chi connectivity index (χ0n) is 13.4. The first-order chi connectivity index (χ1) is 11.6. The van der Waals surface area contributed by atoms with E-state index in [9.17, 15) is 9.59 Å². The molecule has 0 radical (unpaired) electrons. The number of carbonyl (C=O) groups excluding carboxylic acids is 2. The van der Waals surface area contributed by atoms with E-state index in [1.54, 1.807) is 36.3 Å². The Hall–Kier alpha value is -2.83. The molecule has 3 rings (SSSR count). The fourth-order valence-electron chi connectivity index (χ4n) is 2.89. The van der Waals surface area contributed by atoms with Crippen LogP contribution in [-0.2, 0) is 4.79 Å². The monoisotopic (exact) mass is 329 g/mol. The van der Waals surface area contributed by atoms with E-state index >= 15 is 0 Å². The molecular formula is C17H19N3O4. The van der Waals surface area contributed by atoms with Crippen molar-refractivity contribution in [3.8, 4) is 17.1 Å². The smallest absolute Gasteiger partial charge is 0.276 e. The number of nitrogens with zero attached hydrogens (tertiary/aromatic N) is 2. The van der Waals surface area contributed by atoms with Gasteiger partial charge in [-0.3, -0.25) is 9.59 Å². The summed E-state index contributed by atoms with van der Waals surface area (Å²) in [5.74, 6) is 0.193. The van der Waals surface area contributed by atoms with Gasteiger partial charge in [0.05, 0.1) is 13.0 Å². The Morgan fingerprint density at radius 3 is 2.75 bits per heavy atom. The molecule has 1 aliphatic rings. The average molecular weight is 329 g/mol. The van der Waals surface area contributed by atoms with E-state index in [0.29, 0.717) is 31.0 Å². The lowest BCUT2D eigenvalue weighted by molar-refractivity contribution is -0.123. The molecule has 0 bridgehead atoms. The Labute approximate surface area is 139 Å². The maximum Gasteiger partial charge on any atom is 0.276 e. The van der Waals surface area contributed by atoms with Gasteiger partial charge in [0.2, 0.25) is 5.91 Å². The van der Waals surface area contributed by atoms with Crippen molar-refractivity contribution >= 4 is 11.8 Å². The molecule has 2 amide bonds. The highest BCUT2D eigenvalue weighted by Gasteiger charge is 2.30. The molecule has 1 aromatic heterocycles. The number of carbonyl (C=O) groups is 2. The second-order valence-corrected chi connectivity index (χ2v) is 5.75. The van der Waals surface area contributed by atoms with Crippen LogP contribution in [-0.4, -0.2) is 41.9 Å². The molecule has 1 atom stereocenters. The minimum Gasteiger partial charge on any atom is -0.497 e. The molecular weight excluding hydrogens is 310 g/mol. The van der Waals surface area contributed by atoms with Gasteiger partial charge in [0.15, 0.2) is 17.8 Å². The Balaban J connectivity index is 1.83. The largest absolute Gasteiger partial charge is 0.497 e. The van der Waals surface area contributed by atoms with Gasteiger partial charge in [-0.25, -0.2) is 4.98 Å². The lowest BCUT2D eigenvalue weighted by atomic mass is 9.97. The number of nitrogens with two attached hydrogens (primary N) is 1. The second-order valence-electron chi connectivity index (χ2n) is 5.75. The van der Waals surface area contributed by atoms with E-state index in [0.717, 1.165) is 12.0 Å². The first-order valence-corrected chi connectivity index (χ1v) is 7.76. The third kappa shape index (κ3) is 3.10. The normalized spacial score (nSPS) is 17.5. The highest BCUT2D eigenvalue weighted by Crippen LogP contribution is 2.27. The fourth-order valence-corrected chi connectivity index (χ4v) is 2.89. The molecule has 7 nitrogen and oxygen atoms in total. The minimum absolute atomic E-state index is 0.241. The number of aromatic nitrogens is 1. The zero-order valence-corrected chi connectivity index (χ0v) is 13.4. The van der Waals surface area contributed by atoms with Crippen LogP contribution in [0.5, 0.6) is 5.75 Å². The number of piperidine rings is 1. The summed E-state index contributed by atoms with van der Waals surface area (Å²) in [5, 5.41) is 0. The van der Waals surface area contributed by atoms with Crippen molar-refractivity contribution in [2.75, 3.05) is 20.2 Å². The predicted molar refractivity (Wildman–Crippen MR) is 86.3 cm³/mol. The van der Waals surface area contributed by atoms with Crippen molar-refractivity contribution in [2.24, 2.45) is 11.7 Å². The summed E-state index contributed by atoms with van der Waals surface area (Å²) in [6.45, 7) is 0.903. The number of benzene rings is 1. The van der Waals surface area contributed by atoms with E-state index in [-0.39, 0.29) is 23.4 Å². The number of primary amides is 1. The van der Waals surface area contributed by atoms with Gasteiger partial charge in [0.1, 0.15) is 5.75 Å². The molecule has 0 spiro atoms. The maximum atomic E-state index is 12.8. The molecule has 7 heteroatoms. The molecule has 0 saturated carbocycles. The highest BCUT2D eigenvalue weighted by molar-refractivity contribution is 5.98. The van der Waals surface area contributed by atoms with Crippen molar-refractivity contribution in [2.45, 2.75) is 12.8 Å². The summed E-state index contributed by atoms with van der Waals surface area (Å²) < 4.78 is 10.5. The number of rotatable bonds is 4. The van der Waals surface area contributed by atoms with Crippen LogP contribution in [0.15, 0.2) is 35.1 Å². The summed E-state index contributed by atoms with van der Waals surface area (Å²) in [5.41, 5.74) is 6.35. The van der Waals surface area contributed by atoms with Crippen molar-refractivity contribution < 1.29 is 18.7 Å². The number of likely N-dealkylation sites (tertiary alicyclic amines) is 1. The van der Waals surface area contributed by atoms with Gasteiger partial charge in [0, 0.05) is 18.7 Å². The average Bonchev–Trinajstić information content (AvgIpc) is 3.11. The van der Waals surface area contributed by atoms with Crippen molar-refractivity contribution in [3.63, 3.8) is 0 Å². The van der Waals surface area contributed by atoms with Crippen molar-refractivity contribution in [3.05, 3.63) is 36.4 Å². The SMILES string of the molecule is COc1ccc(-c2ocnc2C(=O)N2CCC[C@@H](C(N)=O)C2)cc1. The van der Waals surface area contributed by atoms with Crippen LogP contribution in [0.2, 0.25) is 0 Å². The lowest BCUT2D eigenvalue weighted by Crippen LogP contribution is -2.44. The molecule has 0 unspecified atom stereocenters. The van der Waals surface area contributed by atoms with Crippen molar-refractivity contribution in [1.82, 2.24) is 9.88 Å². The fraction of sp³-hybridized carbons (Fsp3) is 0.353. The van der Waals surface area contributed by atoms with E-state index in [1.165, 1.54) is 6.39 Å². The van der Waals surface area contributed by atoms with Crippen LogP contribution in [0.25, 0.3) is 11.3 Å². The molecule has 2 aromatic rings. The third-order valence-corrected chi connectivity index (χ3v) is 4.23. The molecule has 2 N–H and O–H groups in total. The first-order valence-electron chi connectivity index (χ1n) is 7.76. The molecule has 0 aliphatic carbocycles. The van der Waals surface area contributed by atoms with Gasteiger partial charge in [-0.05, 0) is 37.1 Å². The molecule has 24 heavy (non-hydrogen) atoms. The van der Waals surface area contributed by atoms with E-state index in [4.69, 9.17) is 14.9 Å². The van der Waals surface area contributed by atoms with E-state index in [2.05, 4.69) is 4.98 Å². The maximum absolute atomic E-state index is 12.8. The van der Waals surface area contributed by atoms with Crippen LogP contribution in [0, 0.1) is 5.92 Å². The highest BCUT2D eigenvalue weighted by atomic mass is 16.5. The topological polar surface area (TPSA) is 98.7 Å². The molecule has 1 saturated heterocycles. The summed E-state index contributed by atoms with van der Waals surface area (Å²) in [4.78, 5) is 29.9. The van der Waals surface area contributed by atoms with Gasteiger partial charge in [-0.15, -0.1) is 0 Å². The summed E-state index contributed by atoms with van der Waals surface area (Å²) >= 11 is 0. The van der Waals surface area contributed by atoms with Crippen LogP contribution in [0.1, 0.15) is 23.3 Å². The van der Waals surface area contributed by atoms with Gasteiger partial charge in [-0.2, -0.15) is 0 Å². The van der Waals surface area contributed by atoms with Gasteiger partial charge < -0.3 is 19.8 Å². The van der Waals surface area contributed by atoms with Crippen LogP contribution in [0.4, 0.5) is 0 Å². The van der Waals surface area contributed by atoms with Gasteiger partial charge in [0.25, 0.3) is 5.91 Å². The zero-order chi connectivity index (χ0) is 17.1. The number of amides is 2. The van der Waals surface area contributed by atoms with Crippen LogP contribution >= 0.6 is 0 Å². The second kappa shape index (κ2) is 6.74. The molecule has 1 aromatic carbocycles. The quantitative estimate of drug-likeness (QED) is 0.920. The predicted octanol–water partition coefficient (Wildman–Crippen LogP) is 1.69. The lowest BCUT2D eigenvalue weighted by Gasteiger charge is -2.30. The van der Waals surface area contributed by atoms with Gasteiger partial charge >= 0.3 is 0 Å². The standard InChI is InChI=1S/C17H19N3O4/c1-23-13-6-4-11(5-7-13)15-14(19-10-24-15)17(22)20-8-2-3-12(9-20)16(18)21/h4-7,10,12H,2-3,8-9H2,1H3,(H2,18,21)/t12-/m1/s1. The van der Waals surface area contributed by atoms with Crippen molar-refractivity contribution in [1.29, 1.82) is 0 Å². The minimum atomic E-state index is -0.372. The molecule has 126 valence electrons.